The van der Waals surface area contributed by atoms with Crippen molar-refractivity contribution < 1.29 is 9.53 Å². The fraction of sp³-hybridized carbons (Fsp3) is 0.357. The largest absolute Gasteiger partial charge is 0.497 e. The lowest BCUT2D eigenvalue weighted by Gasteiger charge is -2.10. The summed E-state index contributed by atoms with van der Waals surface area (Å²) in [7, 11) is 1.64. The number of aldehydes is 1. The van der Waals surface area contributed by atoms with Gasteiger partial charge in [0.1, 0.15) is 12.0 Å². The molecule has 1 aromatic carbocycles. The van der Waals surface area contributed by atoms with Crippen molar-refractivity contribution in [2.75, 3.05) is 19.6 Å². The highest BCUT2D eigenvalue weighted by molar-refractivity contribution is 8.21. The Balaban J connectivity index is 3.08. The Hall–Kier alpha value is -0.870. The number of hydrogen-bond donors (Lipinski definition) is 0. The van der Waals surface area contributed by atoms with Crippen molar-refractivity contribution >= 4 is 29.8 Å². The summed E-state index contributed by atoms with van der Waals surface area (Å²) in [5.74, 6) is 0.790. The molecule has 0 bridgehead atoms. The van der Waals surface area contributed by atoms with Gasteiger partial charge in [-0.25, -0.2) is 0 Å². The van der Waals surface area contributed by atoms with Crippen LogP contribution in [0.5, 0.6) is 5.75 Å². The molecule has 4 heteroatoms. The SMILES string of the molecule is COc1ccc(C=O)c(CC(C)=C(SC)SC)c1. The Bertz CT molecular complexity index is 447. The van der Waals surface area contributed by atoms with Crippen LogP contribution in [0.15, 0.2) is 28.0 Å². The van der Waals surface area contributed by atoms with Crippen LogP contribution in [0.2, 0.25) is 0 Å². The number of thioether (sulfide) groups is 2. The van der Waals surface area contributed by atoms with Crippen LogP contribution in [0.4, 0.5) is 0 Å². The standard InChI is InChI=1S/C14H18O2S2/c1-10(14(17-3)18-4)7-12-8-13(16-2)6-5-11(12)9-15/h5-6,8-9H,7H2,1-4H3. The summed E-state index contributed by atoms with van der Waals surface area (Å²) < 4.78 is 6.51. The van der Waals surface area contributed by atoms with Crippen LogP contribution in [-0.2, 0) is 6.42 Å². The fourth-order valence-corrected chi connectivity index (χ4v) is 3.27. The van der Waals surface area contributed by atoms with Crippen molar-refractivity contribution in [2.24, 2.45) is 0 Å². The first-order chi connectivity index (χ1) is 8.65. The van der Waals surface area contributed by atoms with E-state index in [-0.39, 0.29) is 0 Å². The Labute approximate surface area is 117 Å². The van der Waals surface area contributed by atoms with E-state index in [0.29, 0.717) is 0 Å². The minimum atomic E-state index is 0.733. The summed E-state index contributed by atoms with van der Waals surface area (Å²) in [6.45, 7) is 2.11. The number of carbonyl (C=O) groups excluding carboxylic acids is 1. The molecule has 0 aliphatic carbocycles. The fourth-order valence-electron chi connectivity index (χ4n) is 1.77. The summed E-state index contributed by atoms with van der Waals surface area (Å²) in [6.07, 6.45) is 5.82. The molecule has 0 atom stereocenters. The molecule has 0 aliphatic rings. The van der Waals surface area contributed by atoms with E-state index in [1.54, 1.807) is 30.6 Å². The Morgan fingerprint density at radius 2 is 2.00 bits per heavy atom. The highest BCUT2D eigenvalue weighted by Crippen LogP contribution is 2.30. The Kier molecular flexibility index (Phi) is 6.36. The van der Waals surface area contributed by atoms with Gasteiger partial charge in [0.15, 0.2) is 0 Å². The minimum Gasteiger partial charge on any atom is -0.497 e. The first-order valence-electron chi connectivity index (χ1n) is 5.56. The molecule has 0 N–H and O–H groups in total. The smallest absolute Gasteiger partial charge is 0.150 e. The number of methoxy groups -OCH3 is 1. The molecule has 1 rings (SSSR count). The molecule has 0 spiro atoms. The molecule has 2 nitrogen and oxygen atoms in total. The lowest BCUT2D eigenvalue weighted by Crippen LogP contribution is -1.96. The topological polar surface area (TPSA) is 26.3 Å². The van der Waals surface area contributed by atoms with E-state index >= 15 is 0 Å². The molecule has 0 unspecified atom stereocenters. The zero-order valence-electron chi connectivity index (χ0n) is 11.1. The van der Waals surface area contributed by atoms with Crippen molar-refractivity contribution in [3.8, 4) is 5.75 Å². The summed E-state index contributed by atoms with van der Waals surface area (Å²) in [5, 5.41) is 0. The van der Waals surface area contributed by atoms with Gasteiger partial charge in [-0.1, -0.05) is 0 Å². The average Bonchev–Trinajstić information content (AvgIpc) is 2.40. The van der Waals surface area contributed by atoms with E-state index in [9.17, 15) is 4.79 Å². The molecule has 0 heterocycles. The average molecular weight is 282 g/mol. The second-order valence-corrected chi connectivity index (χ2v) is 5.73. The third-order valence-corrected chi connectivity index (χ3v) is 5.09. The molecule has 1 aromatic rings. The number of hydrogen-bond acceptors (Lipinski definition) is 4. The monoisotopic (exact) mass is 282 g/mol. The van der Waals surface area contributed by atoms with Crippen LogP contribution in [-0.4, -0.2) is 25.9 Å². The second-order valence-electron chi connectivity index (χ2n) is 3.84. The van der Waals surface area contributed by atoms with E-state index in [1.165, 1.54) is 9.81 Å². The van der Waals surface area contributed by atoms with Crippen molar-refractivity contribution in [1.29, 1.82) is 0 Å². The zero-order chi connectivity index (χ0) is 13.5. The van der Waals surface area contributed by atoms with Gasteiger partial charge in [-0.2, -0.15) is 0 Å². The molecule has 0 radical (unpaired) electrons. The van der Waals surface area contributed by atoms with Crippen LogP contribution in [0.25, 0.3) is 0 Å². The van der Waals surface area contributed by atoms with E-state index in [4.69, 9.17) is 4.74 Å². The van der Waals surface area contributed by atoms with Gasteiger partial charge in [-0.15, -0.1) is 23.5 Å². The molecular weight excluding hydrogens is 264 g/mol. The van der Waals surface area contributed by atoms with E-state index in [1.807, 2.05) is 18.2 Å². The Morgan fingerprint density at radius 1 is 1.33 bits per heavy atom. The minimum absolute atomic E-state index is 0.733. The predicted octanol–water partition coefficient (Wildman–Crippen LogP) is 4.01. The van der Waals surface area contributed by atoms with Crippen LogP contribution in [0.1, 0.15) is 22.8 Å². The number of carbonyl (C=O) groups is 1. The number of rotatable bonds is 6. The summed E-state index contributed by atoms with van der Waals surface area (Å²) in [4.78, 5) is 11.1. The highest BCUT2D eigenvalue weighted by Gasteiger charge is 2.07. The van der Waals surface area contributed by atoms with Crippen LogP contribution in [0.3, 0.4) is 0 Å². The van der Waals surface area contributed by atoms with Crippen molar-refractivity contribution in [1.82, 2.24) is 0 Å². The Morgan fingerprint density at radius 3 is 2.50 bits per heavy atom. The molecule has 0 amide bonds. The number of benzene rings is 1. The molecule has 98 valence electrons. The predicted molar refractivity (Wildman–Crippen MR) is 81.8 cm³/mol. The zero-order valence-corrected chi connectivity index (χ0v) is 12.8. The van der Waals surface area contributed by atoms with E-state index < -0.39 is 0 Å². The molecule has 0 saturated heterocycles. The maximum absolute atomic E-state index is 11.1. The summed E-state index contributed by atoms with van der Waals surface area (Å²) in [6, 6.07) is 5.56. The molecule has 0 aliphatic heterocycles. The molecule has 0 aromatic heterocycles. The first-order valence-corrected chi connectivity index (χ1v) is 8.01. The van der Waals surface area contributed by atoms with E-state index in [2.05, 4.69) is 19.4 Å². The third kappa shape index (κ3) is 3.82. The van der Waals surface area contributed by atoms with Gasteiger partial charge in [0, 0.05) is 9.80 Å². The molecular formula is C14H18O2S2. The van der Waals surface area contributed by atoms with Gasteiger partial charge in [-0.05, 0) is 55.2 Å². The van der Waals surface area contributed by atoms with Crippen molar-refractivity contribution in [3.63, 3.8) is 0 Å². The van der Waals surface area contributed by atoms with Gasteiger partial charge in [0.05, 0.1) is 7.11 Å². The van der Waals surface area contributed by atoms with Gasteiger partial charge < -0.3 is 4.74 Å². The van der Waals surface area contributed by atoms with Gasteiger partial charge in [0.25, 0.3) is 0 Å². The van der Waals surface area contributed by atoms with Gasteiger partial charge in [-0.3, -0.25) is 4.79 Å². The van der Waals surface area contributed by atoms with Crippen LogP contribution in [0, 0.1) is 0 Å². The normalized spacial score (nSPS) is 10.0. The van der Waals surface area contributed by atoms with Crippen molar-refractivity contribution in [3.05, 3.63) is 39.1 Å². The molecule has 0 fully saturated rings. The maximum Gasteiger partial charge on any atom is 0.150 e. The first kappa shape index (κ1) is 15.2. The number of ether oxygens (including phenoxy) is 1. The molecule has 18 heavy (non-hydrogen) atoms. The quantitative estimate of drug-likeness (QED) is 0.737. The lowest BCUT2D eigenvalue weighted by molar-refractivity contribution is 0.112. The number of allylic oxidation sites excluding steroid dienone is 1. The summed E-state index contributed by atoms with van der Waals surface area (Å²) in [5.41, 5.74) is 3.03. The van der Waals surface area contributed by atoms with Gasteiger partial charge in [0.2, 0.25) is 0 Å². The highest BCUT2D eigenvalue weighted by atomic mass is 32.2. The van der Waals surface area contributed by atoms with Crippen LogP contribution >= 0.6 is 23.5 Å². The summed E-state index contributed by atoms with van der Waals surface area (Å²) >= 11 is 3.49. The van der Waals surface area contributed by atoms with Crippen LogP contribution < -0.4 is 4.74 Å². The second kappa shape index (κ2) is 7.54. The van der Waals surface area contributed by atoms with Gasteiger partial charge >= 0.3 is 0 Å². The molecule has 0 saturated carbocycles. The maximum atomic E-state index is 11.1. The van der Waals surface area contributed by atoms with E-state index in [0.717, 1.165) is 29.6 Å². The third-order valence-electron chi connectivity index (χ3n) is 2.65. The lowest BCUT2D eigenvalue weighted by atomic mass is 10.0. The van der Waals surface area contributed by atoms with Crippen molar-refractivity contribution in [2.45, 2.75) is 13.3 Å².